The van der Waals surface area contributed by atoms with Crippen molar-refractivity contribution < 1.29 is 28.7 Å². The quantitative estimate of drug-likeness (QED) is 0.0859. The molecule has 14 nitrogen and oxygen atoms in total. The van der Waals surface area contributed by atoms with Gasteiger partial charge in [0.2, 0.25) is 23.6 Å². The van der Waals surface area contributed by atoms with Crippen molar-refractivity contribution in [3.63, 3.8) is 0 Å². The van der Waals surface area contributed by atoms with E-state index in [-0.39, 0.29) is 35.7 Å². The molecule has 4 amide bonds. The lowest BCUT2D eigenvalue weighted by Crippen LogP contribution is -2.49. The number of nitrogens with zero attached hydrogens (tertiary/aromatic N) is 4. The molecule has 3 aliphatic carbocycles. The number of allylic oxidation sites excluding steroid dienone is 2. The Balaban J connectivity index is 0.763. The molecule has 3 aromatic carbocycles. The maximum Gasteiger partial charge on any atom is 0.250 e. The Morgan fingerprint density at radius 1 is 0.662 bits per heavy atom. The summed E-state index contributed by atoms with van der Waals surface area (Å²) in [5.74, 6) is 3.49. The van der Waals surface area contributed by atoms with Crippen LogP contribution in [0.2, 0.25) is 0 Å². The number of benzene rings is 3. The van der Waals surface area contributed by atoms with E-state index in [1.807, 2.05) is 58.6 Å². The fraction of sp³-hybridized carbons (Fsp3) is 0.407. The average Bonchev–Trinajstić information content (AvgIpc) is 4.00. The molecule has 2 aromatic heterocycles. The van der Waals surface area contributed by atoms with Gasteiger partial charge in [0.1, 0.15) is 48.4 Å². The number of hydrogen-bond donors (Lipinski definition) is 4. The van der Waals surface area contributed by atoms with Gasteiger partial charge in [0.25, 0.3) is 0 Å². The summed E-state index contributed by atoms with van der Waals surface area (Å²) in [4.78, 5) is 75.3. The lowest BCUT2D eigenvalue weighted by Gasteiger charge is -2.30. The molecule has 2 saturated heterocycles. The first-order valence-corrected chi connectivity index (χ1v) is 24.6. The van der Waals surface area contributed by atoms with Gasteiger partial charge in [0, 0.05) is 59.3 Å². The van der Waals surface area contributed by atoms with Crippen LogP contribution < -0.4 is 20.1 Å². The van der Waals surface area contributed by atoms with Crippen molar-refractivity contribution in [1.82, 2.24) is 40.4 Å². The van der Waals surface area contributed by atoms with Crippen LogP contribution in [0.3, 0.4) is 0 Å². The second-order valence-electron chi connectivity index (χ2n) is 19.7. The Morgan fingerprint density at radius 2 is 1.19 bits per heavy atom. The normalized spacial score (nSPS) is 21.0. The van der Waals surface area contributed by atoms with Gasteiger partial charge in [-0.05, 0) is 111 Å². The van der Waals surface area contributed by atoms with Crippen molar-refractivity contribution in [1.29, 1.82) is 0 Å². The number of carbonyl (C=O) groups excluding carboxylic acids is 4. The number of aromatic amines is 2. The maximum atomic E-state index is 14.3. The highest BCUT2D eigenvalue weighted by molar-refractivity contribution is 5.92. The Labute approximate surface area is 395 Å². The standard InChI is InChI=1S/C54H56N8O6/c63-45(21-31-15-16-31)59-49(33-9-3-1-4-10-33)53(65)61-19-7-13-41(61)51-55-27-39(57-51)35-23-37-29-68-44-26-36(24-38-30-67-43(25-35)47(37)48(38)44)40-28-56-52(58-40)42-14-8-20-62(42)54(66)50(34-11-5-2-6-12-34)60-46(64)22-32-17-18-32/h1,3-5,9-12,23-28,31-32,41-42,49-50H,2,6-8,13-22,29-30H2,(H,55,57)(H,56,58)(H,59,63)(H,60,64)/t41-,42-,49+,50+/m0/s1. The minimum atomic E-state index is -0.761. The third-order valence-electron chi connectivity index (χ3n) is 14.8. The van der Waals surface area contributed by atoms with Gasteiger partial charge in [-0.25, -0.2) is 9.97 Å². The van der Waals surface area contributed by atoms with Crippen molar-refractivity contribution in [2.75, 3.05) is 13.1 Å². The van der Waals surface area contributed by atoms with E-state index in [0.29, 0.717) is 56.8 Å². The minimum Gasteiger partial charge on any atom is -0.488 e. The molecular weight excluding hydrogens is 857 g/mol. The van der Waals surface area contributed by atoms with Crippen molar-refractivity contribution in [3.8, 4) is 45.1 Å². The number of imidazole rings is 2. The molecule has 7 aliphatic rings. The molecule has 0 radical (unpaired) electrons. The molecule has 6 heterocycles. The molecule has 0 unspecified atom stereocenters. The van der Waals surface area contributed by atoms with Crippen molar-refractivity contribution in [3.05, 3.63) is 119 Å². The van der Waals surface area contributed by atoms with Crippen LogP contribution in [0.1, 0.15) is 124 Å². The molecule has 4 atom stereocenters. The number of aromatic nitrogens is 4. The molecule has 0 spiro atoms. The van der Waals surface area contributed by atoms with Crippen LogP contribution in [0, 0.1) is 11.8 Å². The van der Waals surface area contributed by atoms with Crippen LogP contribution in [0.15, 0.2) is 90.8 Å². The predicted molar refractivity (Wildman–Crippen MR) is 253 cm³/mol. The fourth-order valence-electron chi connectivity index (χ4n) is 10.9. The van der Waals surface area contributed by atoms with Gasteiger partial charge in [-0.15, -0.1) is 0 Å². The number of carbonyl (C=O) groups is 4. The lowest BCUT2D eigenvalue weighted by atomic mass is 9.87. The zero-order chi connectivity index (χ0) is 45.9. The van der Waals surface area contributed by atoms with E-state index in [1.54, 1.807) is 0 Å². The summed E-state index contributed by atoms with van der Waals surface area (Å²) >= 11 is 0. The van der Waals surface area contributed by atoms with Gasteiger partial charge < -0.3 is 39.9 Å². The first-order chi connectivity index (χ1) is 33.3. The summed E-state index contributed by atoms with van der Waals surface area (Å²) in [6, 6.07) is 15.9. The molecule has 0 bridgehead atoms. The predicted octanol–water partition coefficient (Wildman–Crippen LogP) is 8.46. The van der Waals surface area contributed by atoms with Gasteiger partial charge in [-0.1, -0.05) is 48.6 Å². The highest BCUT2D eigenvalue weighted by Crippen LogP contribution is 2.51. The topological polar surface area (TPSA) is 175 Å². The largest absolute Gasteiger partial charge is 0.488 e. The van der Waals surface area contributed by atoms with E-state index in [0.717, 1.165) is 137 Å². The molecule has 2 saturated carbocycles. The Bertz CT molecular complexity index is 2820. The third-order valence-corrected chi connectivity index (χ3v) is 14.8. The highest BCUT2D eigenvalue weighted by Gasteiger charge is 2.40. The molecule has 14 heteroatoms. The number of amides is 4. The van der Waals surface area contributed by atoms with Gasteiger partial charge in [-0.3, -0.25) is 19.2 Å². The van der Waals surface area contributed by atoms with E-state index in [2.05, 4.69) is 57.0 Å². The molecule has 4 fully saturated rings. The van der Waals surface area contributed by atoms with Crippen LogP contribution in [-0.4, -0.2) is 72.5 Å². The monoisotopic (exact) mass is 912 g/mol. The van der Waals surface area contributed by atoms with E-state index >= 15 is 0 Å². The fourth-order valence-corrected chi connectivity index (χ4v) is 10.9. The first-order valence-electron chi connectivity index (χ1n) is 24.6. The van der Waals surface area contributed by atoms with Crippen molar-refractivity contribution in [2.45, 2.75) is 114 Å². The molecule has 4 aliphatic heterocycles. The van der Waals surface area contributed by atoms with Crippen LogP contribution in [0.5, 0.6) is 11.5 Å². The number of likely N-dealkylation sites (tertiary alicyclic amines) is 2. The number of ether oxygens (including phenoxy) is 2. The number of nitrogens with one attached hydrogen (secondary N) is 4. The smallest absolute Gasteiger partial charge is 0.250 e. The van der Waals surface area contributed by atoms with Crippen LogP contribution in [-0.2, 0) is 32.4 Å². The van der Waals surface area contributed by atoms with Gasteiger partial charge in [0.05, 0.1) is 35.9 Å². The summed E-state index contributed by atoms with van der Waals surface area (Å²) in [5.41, 5.74) is 9.19. The van der Waals surface area contributed by atoms with Gasteiger partial charge >= 0.3 is 0 Å². The number of rotatable bonds is 14. The van der Waals surface area contributed by atoms with Crippen LogP contribution >= 0.6 is 0 Å². The van der Waals surface area contributed by atoms with Gasteiger partial charge in [-0.2, -0.15) is 0 Å². The zero-order valence-electron chi connectivity index (χ0n) is 38.1. The third kappa shape index (κ3) is 8.27. The van der Waals surface area contributed by atoms with E-state index in [9.17, 15) is 19.2 Å². The second kappa shape index (κ2) is 17.6. The van der Waals surface area contributed by atoms with E-state index in [1.165, 1.54) is 0 Å². The Hall–Kier alpha value is -6.96. The maximum absolute atomic E-state index is 14.3. The summed E-state index contributed by atoms with van der Waals surface area (Å²) in [6.45, 7) is 1.89. The molecule has 5 aromatic rings. The first kappa shape index (κ1) is 42.4. The zero-order valence-corrected chi connectivity index (χ0v) is 38.1. The van der Waals surface area contributed by atoms with Gasteiger partial charge in [0.15, 0.2) is 0 Å². The molecule has 68 heavy (non-hydrogen) atoms. The highest BCUT2D eigenvalue weighted by atomic mass is 16.5. The Kier molecular flexibility index (Phi) is 11.0. The van der Waals surface area contributed by atoms with Crippen LogP contribution in [0.25, 0.3) is 33.6 Å². The molecular formula is C54H56N8O6. The molecule has 12 rings (SSSR count). The minimum absolute atomic E-state index is 0.0609. The summed E-state index contributed by atoms with van der Waals surface area (Å²) in [7, 11) is 0. The number of H-pyrrole nitrogens is 2. The second-order valence-corrected chi connectivity index (χ2v) is 19.7. The average molecular weight is 913 g/mol. The summed E-state index contributed by atoms with van der Waals surface area (Å²) < 4.78 is 13.0. The van der Waals surface area contributed by atoms with Crippen LogP contribution in [0.4, 0.5) is 0 Å². The lowest BCUT2D eigenvalue weighted by molar-refractivity contribution is -0.137. The van der Waals surface area contributed by atoms with Crippen molar-refractivity contribution >= 4 is 23.6 Å². The number of hydrogen-bond acceptors (Lipinski definition) is 8. The molecule has 348 valence electrons. The summed E-state index contributed by atoms with van der Waals surface area (Å²) in [6.07, 6.45) is 20.0. The molecule has 4 N–H and O–H groups in total. The summed E-state index contributed by atoms with van der Waals surface area (Å²) in [5, 5.41) is 6.17. The van der Waals surface area contributed by atoms with E-state index < -0.39 is 12.1 Å². The SMILES string of the molecule is O=C(CC1CC1)N[C@@H](C(=O)N1CCC[C@H]1c1ncc(-c2cc3c4c(c2)OCc2cc(-c5cnc([C@@H]6CCCN6C(=O)[C@H](NC(=O)CC6CC6)c6ccccc6)[nH]5)cc(c2-4)OC3)[nH]1)C1=CCCC=C1. The van der Waals surface area contributed by atoms with Crippen molar-refractivity contribution in [2.24, 2.45) is 11.8 Å². The Morgan fingerprint density at radius 3 is 1.71 bits per heavy atom. The van der Waals surface area contributed by atoms with E-state index in [4.69, 9.17) is 19.4 Å².